The van der Waals surface area contributed by atoms with Crippen molar-refractivity contribution in [3.05, 3.63) is 0 Å². The van der Waals surface area contributed by atoms with E-state index < -0.39 is 21.7 Å². The van der Waals surface area contributed by atoms with Crippen molar-refractivity contribution in [1.29, 1.82) is 0 Å². The molecule has 0 fully saturated rings. The summed E-state index contributed by atoms with van der Waals surface area (Å²) in [5.74, 6) is 0. The predicted octanol–water partition coefficient (Wildman–Crippen LogP) is 2.89. The average molecular weight is 278 g/mol. The molecule has 0 amide bonds. The second-order valence-corrected chi connectivity index (χ2v) is 7.07. The van der Waals surface area contributed by atoms with Crippen molar-refractivity contribution in [2.24, 2.45) is 5.41 Å². The van der Waals surface area contributed by atoms with Crippen molar-refractivity contribution in [3.8, 4) is 0 Å². The minimum Gasteiger partial charge on any atom is -0.360 e. The van der Waals surface area contributed by atoms with Crippen LogP contribution in [0.15, 0.2) is 0 Å². The number of rotatable bonds is 4. The lowest BCUT2D eigenvalue weighted by molar-refractivity contribution is -0.186. The first-order valence-corrected chi connectivity index (χ1v) is 6.37. The predicted molar refractivity (Wildman–Crippen MR) is 75.6 cm³/mol. The molecule has 0 aliphatic carbocycles. The van der Waals surface area contributed by atoms with E-state index in [0.717, 1.165) is 0 Å². The molecule has 0 radical (unpaired) electrons. The summed E-state index contributed by atoms with van der Waals surface area (Å²) in [5, 5.41) is -0.825. The average Bonchev–Trinajstić information content (AvgIpc) is 1.96. The van der Waals surface area contributed by atoms with Gasteiger partial charge in [-0.15, -0.1) is 25.3 Å². The van der Waals surface area contributed by atoms with E-state index in [0.29, 0.717) is 0 Å². The lowest BCUT2D eigenvalue weighted by Gasteiger charge is -2.45. The smallest absolute Gasteiger partial charge is 0.218 e. The van der Waals surface area contributed by atoms with Gasteiger partial charge in [-0.05, 0) is 26.2 Å². The minimum atomic E-state index is -1.26. The summed E-state index contributed by atoms with van der Waals surface area (Å²) < 4.78 is 5.87. The lowest BCUT2D eigenvalue weighted by atomic mass is 9.74. The third kappa shape index (κ3) is 4.64. The molecule has 0 N–H and O–H groups in total. The Kier molecular flexibility index (Phi) is 5.33. The Bertz CT molecular complexity index is 313. The fourth-order valence-corrected chi connectivity index (χ4v) is 2.31. The lowest BCUT2D eigenvalue weighted by Crippen LogP contribution is -2.55. The van der Waals surface area contributed by atoms with Crippen LogP contribution in [0, 0.1) is 5.41 Å². The van der Waals surface area contributed by atoms with E-state index in [-0.39, 0.29) is 11.5 Å². The van der Waals surface area contributed by atoms with Crippen molar-refractivity contribution in [2.45, 2.75) is 59.2 Å². The number of carbonyl (C=O) groups excluding carboxylic acids is 2. The van der Waals surface area contributed by atoms with Gasteiger partial charge in [-0.2, -0.15) is 0 Å². The van der Waals surface area contributed by atoms with Crippen molar-refractivity contribution in [2.75, 3.05) is 0 Å². The van der Waals surface area contributed by atoms with Crippen molar-refractivity contribution >= 4 is 35.5 Å². The van der Waals surface area contributed by atoms with Crippen LogP contribution in [0.3, 0.4) is 0 Å². The third-order valence-electron chi connectivity index (χ3n) is 2.44. The van der Waals surface area contributed by atoms with Crippen LogP contribution in [0.1, 0.15) is 48.0 Å². The molecule has 0 heterocycles. The summed E-state index contributed by atoms with van der Waals surface area (Å²) >= 11 is 7.67. The minimum absolute atomic E-state index is 0.0841. The van der Waals surface area contributed by atoms with Crippen LogP contribution < -0.4 is 0 Å². The summed E-state index contributed by atoms with van der Waals surface area (Å²) in [4.78, 5) is 23.2. The van der Waals surface area contributed by atoms with Gasteiger partial charge in [0.15, 0.2) is 5.12 Å². The molecule has 0 aliphatic rings. The second kappa shape index (κ2) is 5.33. The SMILES string of the molecule is CC(C)(C)OC(CC(=O)S)(C(=O)S)C(C)(C)C. The Balaban J connectivity index is 5.58. The summed E-state index contributed by atoms with van der Waals surface area (Å²) in [6.45, 7) is 11.1. The molecule has 3 nitrogen and oxygen atoms in total. The van der Waals surface area contributed by atoms with Crippen molar-refractivity contribution in [1.82, 2.24) is 0 Å². The van der Waals surface area contributed by atoms with Crippen LogP contribution in [0.25, 0.3) is 0 Å². The molecule has 1 unspecified atom stereocenters. The van der Waals surface area contributed by atoms with Crippen LogP contribution in [-0.4, -0.2) is 21.4 Å². The van der Waals surface area contributed by atoms with Crippen molar-refractivity contribution in [3.63, 3.8) is 0 Å². The first kappa shape index (κ1) is 17.0. The van der Waals surface area contributed by atoms with Gasteiger partial charge in [0.05, 0.1) is 12.0 Å². The van der Waals surface area contributed by atoms with Gasteiger partial charge in [-0.25, -0.2) is 0 Å². The normalized spacial score (nSPS) is 16.5. The third-order valence-corrected chi connectivity index (χ3v) is 2.96. The summed E-state index contributed by atoms with van der Waals surface area (Å²) in [7, 11) is 0. The van der Waals surface area contributed by atoms with E-state index in [1.54, 1.807) is 0 Å². The zero-order chi connectivity index (χ0) is 14.1. The molecule has 5 heteroatoms. The highest BCUT2D eigenvalue weighted by Crippen LogP contribution is 2.41. The molecule has 0 aromatic carbocycles. The second-order valence-electron chi connectivity index (χ2n) is 6.17. The van der Waals surface area contributed by atoms with Gasteiger partial charge in [0, 0.05) is 0 Å². The number of hydrogen-bond donors (Lipinski definition) is 2. The van der Waals surface area contributed by atoms with E-state index in [2.05, 4.69) is 25.3 Å². The maximum atomic E-state index is 11.9. The Hall–Kier alpha value is -0.0000000000000000555. The molecular formula is C12H22O3S2. The fraction of sp³-hybridized carbons (Fsp3) is 0.833. The van der Waals surface area contributed by atoms with Crippen LogP contribution in [0.5, 0.6) is 0 Å². The van der Waals surface area contributed by atoms with Crippen LogP contribution in [-0.2, 0) is 14.3 Å². The standard InChI is InChI=1S/C12H22O3S2/c1-10(2,3)12(9(14)17,7-8(13)16)15-11(4,5)6/h7H2,1-6H3,(H,13,16)(H,14,17). The largest absolute Gasteiger partial charge is 0.360 e. The van der Waals surface area contributed by atoms with Gasteiger partial charge in [0.2, 0.25) is 5.12 Å². The van der Waals surface area contributed by atoms with Crippen LogP contribution in [0.4, 0.5) is 0 Å². The Morgan fingerprint density at radius 1 is 1.00 bits per heavy atom. The summed E-state index contributed by atoms with van der Waals surface area (Å²) in [5.41, 5.74) is -2.35. The number of hydrogen-bond acceptors (Lipinski definition) is 3. The van der Waals surface area contributed by atoms with Gasteiger partial charge < -0.3 is 4.74 Å². The monoisotopic (exact) mass is 278 g/mol. The zero-order valence-electron chi connectivity index (χ0n) is 11.3. The maximum absolute atomic E-state index is 11.9. The molecule has 0 aliphatic heterocycles. The highest BCUT2D eigenvalue weighted by Gasteiger charge is 2.51. The Morgan fingerprint density at radius 2 is 1.41 bits per heavy atom. The van der Waals surface area contributed by atoms with Gasteiger partial charge >= 0.3 is 0 Å². The Morgan fingerprint density at radius 3 is 1.59 bits per heavy atom. The Labute approximate surface area is 115 Å². The van der Waals surface area contributed by atoms with Crippen LogP contribution >= 0.6 is 25.3 Å². The molecule has 100 valence electrons. The quantitative estimate of drug-likeness (QED) is 0.777. The summed E-state index contributed by atoms with van der Waals surface area (Å²) in [6, 6.07) is 0. The highest BCUT2D eigenvalue weighted by molar-refractivity contribution is 7.97. The number of carbonyl (C=O) groups is 2. The van der Waals surface area contributed by atoms with Crippen molar-refractivity contribution < 1.29 is 14.3 Å². The first-order valence-electron chi connectivity index (χ1n) is 5.47. The molecule has 0 aromatic heterocycles. The molecule has 0 saturated carbocycles. The molecule has 0 bridgehead atoms. The summed E-state index contributed by atoms with van der Waals surface area (Å²) in [6.07, 6.45) is -0.0841. The van der Waals surface area contributed by atoms with E-state index in [1.165, 1.54) is 0 Å². The zero-order valence-corrected chi connectivity index (χ0v) is 13.1. The van der Waals surface area contributed by atoms with E-state index in [4.69, 9.17) is 4.74 Å². The van der Waals surface area contributed by atoms with Gasteiger partial charge in [-0.3, -0.25) is 9.59 Å². The number of thiol groups is 2. The van der Waals surface area contributed by atoms with Gasteiger partial charge in [-0.1, -0.05) is 20.8 Å². The fourth-order valence-electron chi connectivity index (χ4n) is 1.63. The molecular weight excluding hydrogens is 256 g/mol. The van der Waals surface area contributed by atoms with E-state index in [1.807, 2.05) is 41.5 Å². The van der Waals surface area contributed by atoms with Crippen LogP contribution in [0.2, 0.25) is 0 Å². The highest BCUT2D eigenvalue weighted by atomic mass is 32.1. The van der Waals surface area contributed by atoms with Gasteiger partial charge in [0.1, 0.15) is 5.60 Å². The number of ether oxygens (including phenoxy) is 1. The molecule has 0 rings (SSSR count). The molecule has 0 saturated heterocycles. The molecule has 0 spiro atoms. The maximum Gasteiger partial charge on any atom is 0.218 e. The molecule has 0 aromatic rings. The molecule has 17 heavy (non-hydrogen) atoms. The molecule has 1 atom stereocenters. The van der Waals surface area contributed by atoms with E-state index in [9.17, 15) is 9.59 Å². The first-order chi connectivity index (χ1) is 7.32. The topological polar surface area (TPSA) is 43.4 Å². The van der Waals surface area contributed by atoms with E-state index >= 15 is 0 Å². The van der Waals surface area contributed by atoms with Gasteiger partial charge in [0.25, 0.3) is 0 Å².